The van der Waals surface area contributed by atoms with E-state index in [9.17, 15) is 4.79 Å². The Labute approximate surface area is 70.3 Å². The number of anilines is 1. The second-order valence-electron chi connectivity index (χ2n) is 2.62. The highest BCUT2D eigenvalue weighted by Crippen LogP contribution is 2.08. The number of aromatic nitrogens is 2. The van der Waals surface area contributed by atoms with E-state index in [0.717, 1.165) is 5.69 Å². The molecule has 1 aromatic heterocycles. The average molecular weight is 168 g/mol. The minimum absolute atomic E-state index is 0.294. The number of amides is 1. The first kappa shape index (κ1) is 8.58. The molecule has 0 aromatic carbocycles. The van der Waals surface area contributed by atoms with Crippen molar-refractivity contribution >= 4 is 11.6 Å². The molecule has 5 nitrogen and oxygen atoms in total. The van der Waals surface area contributed by atoms with E-state index in [4.69, 9.17) is 11.5 Å². The Morgan fingerprint density at radius 3 is 2.83 bits per heavy atom. The maximum Gasteiger partial charge on any atom is 0.219 e. The lowest BCUT2D eigenvalue weighted by atomic mass is 10.4. The minimum Gasteiger partial charge on any atom is -0.396 e. The molecule has 0 bridgehead atoms. The van der Waals surface area contributed by atoms with Crippen molar-refractivity contribution in [1.29, 1.82) is 0 Å². The third-order valence-corrected chi connectivity index (χ3v) is 1.71. The molecule has 0 saturated carbocycles. The number of hydrogen-bond acceptors (Lipinski definition) is 3. The SMILES string of the molecule is Cc1c(N)cnn1CCC(N)=O. The highest BCUT2D eigenvalue weighted by atomic mass is 16.1. The fraction of sp³-hybridized carbons (Fsp3) is 0.429. The number of nitrogens with two attached hydrogens (primary N) is 2. The van der Waals surface area contributed by atoms with Crippen LogP contribution in [0, 0.1) is 6.92 Å². The second-order valence-corrected chi connectivity index (χ2v) is 2.62. The van der Waals surface area contributed by atoms with Crippen LogP contribution in [0.15, 0.2) is 6.20 Å². The van der Waals surface area contributed by atoms with Gasteiger partial charge in [-0.3, -0.25) is 9.48 Å². The molecule has 0 unspecified atom stereocenters. The summed E-state index contributed by atoms with van der Waals surface area (Å²) in [6, 6.07) is 0. The van der Waals surface area contributed by atoms with Gasteiger partial charge in [-0.15, -0.1) is 0 Å². The van der Waals surface area contributed by atoms with Gasteiger partial charge in [-0.2, -0.15) is 5.10 Å². The summed E-state index contributed by atoms with van der Waals surface area (Å²) in [5.41, 5.74) is 12.0. The quantitative estimate of drug-likeness (QED) is 0.646. The number of nitrogen functional groups attached to an aromatic ring is 1. The van der Waals surface area contributed by atoms with Crippen LogP contribution in [0.1, 0.15) is 12.1 Å². The summed E-state index contributed by atoms with van der Waals surface area (Å²) in [6.45, 7) is 2.35. The van der Waals surface area contributed by atoms with Crippen molar-refractivity contribution in [3.63, 3.8) is 0 Å². The van der Waals surface area contributed by atoms with Crippen LogP contribution in [-0.4, -0.2) is 15.7 Å². The van der Waals surface area contributed by atoms with Crippen molar-refractivity contribution in [2.75, 3.05) is 5.73 Å². The summed E-state index contributed by atoms with van der Waals surface area (Å²) in [5, 5.41) is 3.97. The zero-order valence-electron chi connectivity index (χ0n) is 6.95. The summed E-state index contributed by atoms with van der Waals surface area (Å²) >= 11 is 0. The van der Waals surface area contributed by atoms with Crippen LogP contribution >= 0.6 is 0 Å². The van der Waals surface area contributed by atoms with Gasteiger partial charge in [0.1, 0.15) is 0 Å². The van der Waals surface area contributed by atoms with Gasteiger partial charge in [0.2, 0.25) is 5.91 Å². The first-order chi connectivity index (χ1) is 5.61. The van der Waals surface area contributed by atoms with Gasteiger partial charge >= 0.3 is 0 Å². The molecule has 0 aliphatic rings. The highest BCUT2D eigenvalue weighted by molar-refractivity contribution is 5.73. The Kier molecular flexibility index (Phi) is 2.32. The van der Waals surface area contributed by atoms with Gasteiger partial charge in [-0.25, -0.2) is 0 Å². The van der Waals surface area contributed by atoms with Crippen LogP contribution in [-0.2, 0) is 11.3 Å². The van der Waals surface area contributed by atoms with E-state index in [1.807, 2.05) is 6.92 Å². The number of rotatable bonds is 3. The number of carbonyl (C=O) groups excluding carboxylic acids is 1. The Hall–Kier alpha value is -1.52. The molecule has 1 rings (SSSR count). The lowest BCUT2D eigenvalue weighted by Gasteiger charge is -2.01. The average Bonchev–Trinajstić information content (AvgIpc) is 2.30. The van der Waals surface area contributed by atoms with E-state index in [1.54, 1.807) is 10.9 Å². The van der Waals surface area contributed by atoms with Gasteiger partial charge < -0.3 is 11.5 Å². The van der Waals surface area contributed by atoms with Gasteiger partial charge in [0.15, 0.2) is 0 Å². The van der Waals surface area contributed by atoms with Crippen molar-refractivity contribution in [3.05, 3.63) is 11.9 Å². The third kappa shape index (κ3) is 1.75. The smallest absolute Gasteiger partial charge is 0.219 e. The van der Waals surface area contributed by atoms with E-state index >= 15 is 0 Å². The minimum atomic E-state index is -0.330. The van der Waals surface area contributed by atoms with Gasteiger partial charge in [-0.05, 0) is 6.92 Å². The van der Waals surface area contributed by atoms with Crippen molar-refractivity contribution in [1.82, 2.24) is 9.78 Å². The molecule has 0 spiro atoms. The van der Waals surface area contributed by atoms with Crippen molar-refractivity contribution in [3.8, 4) is 0 Å². The summed E-state index contributed by atoms with van der Waals surface area (Å²) in [7, 11) is 0. The molecular formula is C7H12N4O. The number of aryl methyl sites for hydroxylation is 1. The van der Waals surface area contributed by atoms with E-state index in [2.05, 4.69) is 5.10 Å². The van der Waals surface area contributed by atoms with Crippen LogP contribution in [0.4, 0.5) is 5.69 Å². The maximum absolute atomic E-state index is 10.4. The lowest BCUT2D eigenvalue weighted by Crippen LogP contribution is -2.15. The molecule has 4 N–H and O–H groups in total. The normalized spacial score (nSPS) is 10.1. The number of hydrogen-bond donors (Lipinski definition) is 2. The van der Waals surface area contributed by atoms with E-state index in [1.165, 1.54) is 0 Å². The molecule has 12 heavy (non-hydrogen) atoms. The highest BCUT2D eigenvalue weighted by Gasteiger charge is 2.03. The molecule has 0 atom stereocenters. The van der Waals surface area contributed by atoms with Gasteiger partial charge in [0, 0.05) is 6.42 Å². The van der Waals surface area contributed by atoms with Gasteiger partial charge in [0.05, 0.1) is 24.1 Å². The van der Waals surface area contributed by atoms with Crippen LogP contribution < -0.4 is 11.5 Å². The first-order valence-corrected chi connectivity index (χ1v) is 3.67. The predicted molar refractivity (Wildman–Crippen MR) is 45.2 cm³/mol. The Morgan fingerprint density at radius 2 is 2.42 bits per heavy atom. The predicted octanol–water partition coefficient (Wildman–Crippen LogP) is -0.351. The monoisotopic (exact) mass is 168 g/mol. The Balaban J connectivity index is 2.63. The molecule has 1 heterocycles. The molecule has 0 radical (unpaired) electrons. The number of nitrogens with zero attached hydrogens (tertiary/aromatic N) is 2. The number of carbonyl (C=O) groups is 1. The zero-order chi connectivity index (χ0) is 9.14. The fourth-order valence-electron chi connectivity index (χ4n) is 0.902. The lowest BCUT2D eigenvalue weighted by molar-refractivity contribution is -0.118. The van der Waals surface area contributed by atoms with E-state index in [0.29, 0.717) is 18.7 Å². The van der Waals surface area contributed by atoms with Crippen molar-refractivity contribution in [2.24, 2.45) is 5.73 Å². The molecule has 0 fully saturated rings. The second kappa shape index (κ2) is 3.25. The molecule has 1 amide bonds. The zero-order valence-corrected chi connectivity index (χ0v) is 6.95. The largest absolute Gasteiger partial charge is 0.396 e. The van der Waals surface area contributed by atoms with E-state index < -0.39 is 0 Å². The van der Waals surface area contributed by atoms with Crippen LogP contribution in [0.2, 0.25) is 0 Å². The summed E-state index contributed by atoms with van der Waals surface area (Å²) in [6.07, 6.45) is 1.86. The molecule has 66 valence electrons. The topological polar surface area (TPSA) is 86.9 Å². The Bertz CT molecular complexity index is 292. The van der Waals surface area contributed by atoms with Crippen LogP contribution in [0.25, 0.3) is 0 Å². The standard InChI is InChI=1S/C7H12N4O/c1-5-6(8)4-10-11(5)3-2-7(9)12/h4H,2-3,8H2,1H3,(H2,9,12). The molecule has 5 heteroatoms. The van der Waals surface area contributed by atoms with Crippen LogP contribution in [0.3, 0.4) is 0 Å². The first-order valence-electron chi connectivity index (χ1n) is 3.67. The van der Waals surface area contributed by atoms with Gasteiger partial charge in [0.25, 0.3) is 0 Å². The van der Waals surface area contributed by atoms with Crippen LogP contribution in [0.5, 0.6) is 0 Å². The summed E-state index contributed by atoms with van der Waals surface area (Å²) in [5.74, 6) is -0.330. The maximum atomic E-state index is 10.4. The molecule has 1 aromatic rings. The molecular weight excluding hydrogens is 156 g/mol. The summed E-state index contributed by atoms with van der Waals surface area (Å²) < 4.78 is 1.67. The molecule has 0 aliphatic carbocycles. The number of primary amides is 1. The molecule has 0 saturated heterocycles. The fourth-order valence-corrected chi connectivity index (χ4v) is 0.902. The summed E-state index contributed by atoms with van der Waals surface area (Å²) in [4.78, 5) is 10.4. The van der Waals surface area contributed by atoms with Crippen molar-refractivity contribution in [2.45, 2.75) is 19.9 Å². The van der Waals surface area contributed by atoms with E-state index in [-0.39, 0.29) is 5.91 Å². The molecule has 0 aliphatic heterocycles. The van der Waals surface area contributed by atoms with Crippen molar-refractivity contribution < 1.29 is 4.79 Å². The Morgan fingerprint density at radius 1 is 1.75 bits per heavy atom. The third-order valence-electron chi connectivity index (χ3n) is 1.71. The van der Waals surface area contributed by atoms with Gasteiger partial charge in [-0.1, -0.05) is 0 Å².